The minimum atomic E-state index is 0.580. The minimum absolute atomic E-state index is 0.580. The first kappa shape index (κ1) is 17.7. The second-order valence-electron chi connectivity index (χ2n) is 6.50. The number of hydrogen-bond acceptors (Lipinski definition) is 8. The summed E-state index contributed by atoms with van der Waals surface area (Å²) in [4.78, 5) is 22.2. The highest BCUT2D eigenvalue weighted by molar-refractivity contribution is 5.65. The largest absolute Gasteiger partial charge is 0.339 e. The summed E-state index contributed by atoms with van der Waals surface area (Å²) in [7, 11) is 0. The number of aryl methyl sites for hydroxylation is 1. The zero-order valence-electron chi connectivity index (χ0n) is 15.6. The van der Waals surface area contributed by atoms with Crippen LogP contribution in [0.5, 0.6) is 0 Å². The van der Waals surface area contributed by atoms with Gasteiger partial charge < -0.3 is 15.1 Å². The van der Waals surface area contributed by atoms with E-state index in [0.29, 0.717) is 17.3 Å². The number of para-hydroxylation sites is 1. The van der Waals surface area contributed by atoms with Crippen molar-refractivity contribution < 1.29 is 0 Å². The fourth-order valence-electron chi connectivity index (χ4n) is 3.15. The molecule has 8 heteroatoms. The molecule has 1 aliphatic rings. The molecule has 1 aromatic carbocycles. The maximum Gasteiger partial charge on any atom is 0.227 e. The Morgan fingerprint density at radius 3 is 2.32 bits per heavy atom. The molecule has 1 N–H and O–H groups in total. The molecular formula is C20H20N8. The molecule has 0 aliphatic carbocycles. The lowest BCUT2D eigenvalue weighted by molar-refractivity contribution is 0.627. The first-order valence-electron chi connectivity index (χ1n) is 9.12. The number of nitriles is 1. The highest BCUT2D eigenvalue weighted by Gasteiger charge is 2.21. The van der Waals surface area contributed by atoms with Gasteiger partial charge in [-0.2, -0.15) is 10.2 Å². The Kier molecular flexibility index (Phi) is 4.97. The van der Waals surface area contributed by atoms with E-state index in [2.05, 4.69) is 41.1 Å². The third-order valence-electron chi connectivity index (χ3n) is 4.55. The molecule has 140 valence electrons. The molecule has 3 heterocycles. The van der Waals surface area contributed by atoms with Gasteiger partial charge in [0.25, 0.3) is 0 Å². The Balaban J connectivity index is 1.50. The molecule has 1 aliphatic heterocycles. The van der Waals surface area contributed by atoms with Crippen molar-refractivity contribution in [2.24, 2.45) is 0 Å². The number of benzene rings is 1. The van der Waals surface area contributed by atoms with Crippen LogP contribution < -0.4 is 15.1 Å². The Bertz CT molecular complexity index is 991. The van der Waals surface area contributed by atoms with E-state index in [4.69, 9.17) is 0 Å². The number of nitrogens with one attached hydrogen (secondary N) is 1. The molecule has 2 aromatic heterocycles. The lowest BCUT2D eigenvalue weighted by Crippen LogP contribution is -2.47. The van der Waals surface area contributed by atoms with Gasteiger partial charge in [-0.05, 0) is 25.1 Å². The van der Waals surface area contributed by atoms with Crippen molar-refractivity contribution in [2.45, 2.75) is 6.92 Å². The van der Waals surface area contributed by atoms with Crippen LogP contribution in [0.2, 0.25) is 0 Å². The standard InChI is InChI=1S/C20H20N8/c1-15-13-18(25-17-6-3-2-5-16(17)14-21)26-20(24-15)28-11-9-27(10-12-28)19-22-7-4-8-23-19/h2-8,13H,9-12H2,1H3,(H,24,25,26). The summed E-state index contributed by atoms with van der Waals surface area (Å²) in [6, 6.07) is 13.3. The number of nitrogens with zero attached hydrogens (tertiary/aromatic N) is 7. The number of aromatic nitrogens is 4. The van der Waals surface area contributed by atoms with Gasteiger partial charge in [-0.1, -0.05) is 12.1 Å². The average Bonchev–Trinajstić information content (AvgIpc) is 2.74. The fraction of sp³-hybridized carbons (Fsp3) is 0.250. The fourth-order valence-corrected chi connectivity index (χ4v) is 3.15. The molecule has 0 unspecified atom stereocenters. The molecule has 1 saturated heterocycles. The topological polar surface area (TPSA) is 93.9 Å². The first-order chi connectivity index (χ1) is 13.7. The van der Waals surface area contributed by atoms with Gasteiger partial charge in [-0.25, -0.2) is 15.0 Å². The SMILES string of the molecule is Cc1cc(Nc2ccccc2C#N)nc(N2CCN(c3ncccn3)CC2)n1. The lowest BCUT2D eigenvalue weighted by Gasteiger charge is -2.34. The molecule has 0 spiro atoms. The van der Waals surface area contributed by atoms with E-state index >= 15 is 0 Å². The van der Waals surface area contributed by atoms with Crippen LogP contribution in [0.15, 0.2) is 48.8 Å². The van der Waals surface area contributed by atoms with Gasteiger partial charge in [0.2, 0.25) is 11.9 Å². The Labute approximate surface area is 163 Å². The van der Waals surface area contributed by atoms with Crippen molar-refractivity contribution in [1.82, 2.24) is 19.9 Å². The summed E-state index contributed by atoms with van der Waals surface area (Å²) < 4.78 is 0. The monoisotopic (exact) mass is 372 g/mol. The Morgan fingerprint density at radius 2 is 1.61 bits per heavy atom. The van der Waals surface area contributed by atoms with E-state index in [-0.39, 0.29) is 0 Å². The predicted octanol–water partition coefficient (Wildman–Crippen LogP) is 2.52. The van der Waals surface area contributed by atoms with E-state index in [9.17, 15) is 5.26 Å². The molecule has 0 bridgehead atoms. The second kappa shape index (κ2) is 7.88. The molecular weight excluding hydrogens is 352 g/mol. The van der Waals surface area contributed by atoms with Crippen LogP contribution in [0.1, 0.15) is 11.3 Å². The number of rotatable bonds is 4. The maximum atomic E-state index is 9.28. The van der Waals surface area contributed by atoms with Gasteiger partial charge in [0.15, 0.2) is 0 Å². The number of hydrogen-bond donors (Lipinski definition) is 1. The Hall–Kier alpha value is -3.73. The van der Waals surface area contributed by atoms with Crippen molar-refractivity contribution in [2.75, 3.05) is 41.3 Å². The van der Waals surface area contributed by atoms with Crippen molar-refractivity contribution in [3.8, 4) is 6.07 Å². The van der Waals surface area contributed by atoms with Crippen molar-refractivity contribution in [1.29, 1.82) is 5.26 Å². The molecule has 1 fully saturated rings. The molecule has 0 amide bonds. The summed E-state index contributed by atoms with van der Waals surface area (Å²) in [5.74, 6) is 2.12. The van der Waals surface area contributed by atoms with Crippen molar-refractivity contribution in [3.05, 3.63) is 60.0 Å². The zero-order chi connectivity index (χ0) is 19.3. The summed E-state index contributed by atoms with van der Waals surface area (Å²) in [6.45, 7) is 5.13. The highest BCUT2D eigenvalue weighted by atomic mass is 15.4. The predicted molar refractivity (Wildman–Crippen MR) is 108 cm³/mol. The summed E-state index contributed by atoms with van der Waals surface area (Å²) >= 11 is 0. The quantitative estimate of drug-likeness (QED) is 0.747. The zero-order valence-corrected chi connectivity index (χ0v) is 15.6. The third kappa shape index (κ3) is 3.83. The van der Waals surface area contributed by atoms with Crippen LogP contribution in [0, 0.1) is 18.3 Å². The third-order valence-corrected chi connectivity index (χ3v) is 4.55. The van der Waals surface area contributed by atoms with Gasteiger partial charge in [0.05, 0.1) is 11.3 Å². The van der Waals surface area contributed by atoms with Gasteiger partial charge in [0, 0.05) is 50.3 Å². The number of piperazine rings is 1. The van der Waals surface area contributed by atoms with Crippen LogP contribution in [-0.2, 0) is 0 Å². The normalized spacial score (nSPS) is 13.9. The number of anilines is 4. The van der Waals surface area contributed by atoms with Crippen molar-refractivity contribution in [3.63, 3.8) is 0 Å². The first-order valence-corrected chi connectivity index (χ1v) is 9.12. The van der Waals surface area contributed by atoms with E-state index in [1.54, 1.807) is 18.5 Å². The van der Waals surface area contributed by atoms with Gasteiger partial charge in [-0.3, -0.25) is 0 Å². The molecule has 3 aromatic rings. The molecule has 0 radical (unpaired) electrons. The van der Waals surface area contributed by atoms with E-state index in [1.165, 1.54) is 0 Å². The minimum Gasteiger partial charge on any atom is -0.339 e. The second-order valence-corrected chi connectivity index (χ2v) is 6.50. The van der Waals surface area contributed by atoms with Gasteiger partial charge >= 0.3 is 0 Å². The summed E-state index contributed by atoms with van der Waals surface area (Å²) in [6.07, 6.45) is 3.52. The van der Waals surface area contributed by atoms with E-state index in [0.717, 1.165) is 43.5 Å². The van der Waals surface area contributed by atoms with Crippen LogP contribution in [0.25, 0.3) is 0 Å². The molecule has 0 saturated carbocycles. The smallest absolute Gasteiger partial charge is 0.227 e. The van der Waals surface area contributed by atoms with Crippen LogP contribution in [-0.4, -0.2) is 46.1 Å². The molecule has 0 atom stereocenters. The summed E-state index contributed by atoms with van der Waals surface area (Å²) in [5, 5.41) is 12.5. The molecule has 4 rings (SSSR count). The average molecular weight is 372 g/mol. The maximum absolute atomic E-state index is 9.28. The molecule has 8 nitrogen and oxygen atoms in total. The van der Waals surface area contributed by atoms with Gasteiger partial charge in [-0.15, -0.1) is 0 Å². The summed E-state index contributed by atoms with van der Waals surface area (Å²) in [5.41, 5.74) is 2.19. The lowest BCUT2D eigenvalue weighted by atomic mass is 10.2. The molecule has 28 heavy (non-hydrogen) atoms. The van der Waals surface area contributed by atoms with Gasteiger partial charge in [0.1, 0.15) is 11.9 Å². The van der Waals surface area contributed by atoms with Crippen LogP contribution in [0.4, 0.5) is 23.4 Å². The highest BCUT2D eigenvalue weighted by Crippen LogP contribution is 2.22. The van der Waals surface area contributed by atoms with E-state index in [1.807, 2.05) is 37.3 Å². The Morgan fingerprint density at radius 1 is 0.929 bits per heavy atom. The van der Waals surface area contributed by atoms with Crippen LogP contribution in [0.3, 0.4) is 0 Å². The van der Waals surface area contributed by atoms with E-state index < -0.39 is 0 Å². The van der Waals surface area contributed by atoms with Crippen molar-refractivity contribution >= 4 is 23.4 Å². The van der Waals surface area contributed by atoms with Crippen LogP contribution >= 0.6 is 0 Å².